The molecule has 0 aliphatic carbocycles. The van der Waals surface area contributed by atoms with Gasteiger partial charge in [0.25, 0.3) is 0 Å². The van der Waals surface area contributed by atoms with Crippen molar-refractivity contribution in [1.82, 2.24) is 10.4 Å². The molecule has 1 fully saturated rings. The van der Waals surface area contributed by atoms with Gasteiger partial charge in [0.15, 0.2) is 0 Å². The number of nitrogens with zero attached hydrogens (tertiary/aromatic N) is 1. The van der Waals surface area contributed by atoms with Crippen molar-refractivity contribution in [1.29, 1.82) is 0 Å². The number of likely N-dealkylation sites (tertiary alicyclic amines) is 1. The molecule has 0 bridgehead atoms. The fourth-order valence-corrected chi connectivity index (χ4v) is 3.67. The zero-order chi connectivity index (χ0) is 19.6. The summed E-state index contributed by atoms with van der Waals surface area (Å²) in [7, 11) is 1.66. The number of hydrogen-bond acceptors (Lipinski definition) is 4. The van der Waals surface area contributed by atoms with Crippen molar-refractivity contribution < 1.29 is 14.4 Å². The Morgan fingerprint density at radius 2 is 1.96 bits per heavy atom. The van der Waals surface area contributed by atoms with Crippen molar-refractivity contribution in [3.63, 3.8) is 0 Å². The number of urea groups is 1. The number of carbonyl (C=O) groups is 1. The third kappa shape index (κ3) is 3.82. The van der Waals surface area contributed by atoms with Crippen LogP contribution >= 0.6 is 0 Å². The molecule has 1 spiro atoms. The molecular weight excluding hydrogens is 354 g/mol. The molecule has 1 saturated heterocycles. The topological polar surface area (TPSA) is 62.8 Å². The molecule has 6 nitrogen and oxygen atoms in total. The number of anilines is 1. The SMILES string of the molecule is COc1cccc(C2=CC3(CCN(C(=O)Nc4cccc(C)c4)CC3)ON2)c1. The summed E-state index contributed by atoms with van der Waals surface area (Å²) < 4.78 is 5.30. The Morgan fingerprint density at radius 3 is 2.71 bits per heavy atom. The highest BCUT2D eigenvalue weighted by Crippen LogP contribution is 2.35. The van der Waals surface area contributed by atoms with E-state index in [2.05, 4.69) is 16.9 Å². The molecule has 0 aromatic heterocycles. The lowest BCUT2D eigenvalue weighted by atomic mass is 9.90. The molecule has 2 aromatic carbocycles. The van der Waals surface area contributed by atoms with E-state index < -0.39 is 0 Å². The first kappa shape index (κ1) is 18.4. The van der Waals surface area contributed by atoms with E-state index in [0.29, 0.717) is 13.1 Å². The second kappa shape index (κ2) is 7.56. The van der Waals surface area contributed by atoms with Crippen LogP contribution in [0.15, 0.2) is 54.6 Å². The van der Waals surface area contributed by atoms with E-state index in [0.717, 1.165) is 41.1 Å². The van der Waals surface area contributed by atoms with Crippen LogP contribution in [0.2, 0.25) is 0 Å². The van der Waals surface area contributed by atoms with E-state index in [4.69, 9.17) is 9.57 Å². The first-order valence-electron chi connectivity index (χ1n) is 9.51. The molecule has 28 heavy (non-hydrogen) atoms. The number of nitrogens with one attached hydrogen (secondary N) is 2. The van der Waals surface area contributed by atoms with Gasteiger partial charge in [-0.2, -0.15) is 0 Å². The van der Waals surface area contributed by atoms with Gasteiger partial charge in [-0.05, 0) is 42.8 Å². The molecule has 2 heterocycles. The molecule has 0 saturated carbocycles. The fourth-order valence-electron chi connectivity index (χ4n) is 3.67. The molecule has 2 aliphatic rings. The highest BCUT2D eigenvalue weighted by Gasteiger charge is 2.39. The van der Waals surface area contributed by atoms with E-state index in [-0.39, 0.29) is 11.6 Å². The normalized spacial score (nSPS) is 17.8. The number of piperidine rings is 1. The number of aryl methyl sites for hydroxylation is 1. The smallest absolute Gasteiger partial charge is 0.321 e. The maximum absolute atomic E-state index is 12.6. The standard InChI is InChI=1S/C22H25N3O3/c1-16-5-3-7-18(13-16)23-21(26)25-11-9-22(10-12-25)15-20(24-28-22)17-6-4-8-19(14-17)27-2/h3-8,13-15,24H,9-12H2,1-2H3,(H,23,26). The lowest BCUT2D eigenvalue weighted by Gasteiger charge is -2.36. The van der Waals surface area contributed by atoms with Crippen LogP contribution in [0.25, 0.3) is 5.70 Å². The van der Waals surface area contributed by atoms with Gasteiger partial charge < -0.3 is 15.0 Å². The first-order chi connectivity index (χ1) is 13.6. The van der Waals surface area contributed by atoms with Crippen LogP contribution in [0.4, 0.5) is 10.5 Å². The second-order valence-corrected chi connectivity index (χ2v) is 7.35. The molecule has 6 heteroatoms. The van der Waals surface area contributed by atoms with Crippen LogP contribution in [-0.2, 0) is 4.84 Å². The van der Waals surface area contributed by atoms with Gasteiger partial charge >= 0.3 is 6.03 Å². The van der Waals surface area contributed by atoms with Gasteiger partial charge in [0.05, 0.1) is 12.8 Å². The number of amides is 2. The molecule has 2 aromatic rings. The Balaban J connectivity index is 1.39. The van der Waals surface area contributed by atoms with Gasteiger partial charge in [-0.3, -0.25) is 10.3 Å². The van der Waals surface area contributed by atoms with E-state index in [1.165, 1.54) is 0 Å². The van der Waals surface area contributed by atoms with Gasteiger partial charge in [-0.15, -0.1) is 0 Å². The number of rotatable bonds is 3. The fraction of sp³-hybridized carbons (Fsp3) is 0.318. The van der Waals surface area contributed by atoms with Crippen molar-refractivity contribution in [3.05, 3.63) is 65.7 Å². The van der Waals surface area contributed by atoms with Gasteiger partial charge in [0.1, 0.15) is 11.4 Å². The molecule has 2 N–H and O–H groups in total. The Kier molecular flexibility index (Phi) is 4.96. The predicted octanol–water partition coefficient (Wildman–Crippen LogP) is 3.95. The average Bonchev–Trinajstić information content (AvgIpc) is 3.12. The van der Waals surface area contributed by atoms with E-state index in [9.17, 15) is 4.79 Å². The molecule has 0 radical (unpaired) electrons. The van der Waals surface area contributed by atoms with Crippen molar-refractivity contribution in [2.24, 2.45) is 0 Å². The minimum Gasteiger partial charge on any atom is -0.497 e. The van der Waals surface area contributed by atoms with E-state index in [1.807, 2.05) is 60.4 Å². The maximum Gasteiger partial charge on any atom is 0.321 e. The lowest BCUT2D eigenvalue weighted by Crippen LogP contribution is -2.48. The third-order valence-corrected chi connectivity index (χ3v) is 5.32. The van der Waals surface area contributed by atoms with Gasteiger partial charge in [-0.25, -0.2) is 4.79 Å². The minimum absolute atomic E-state index is 0.0663. The van der Waals surface area contributed by atoms with Crippen LogP contribution in [0.3, 0.4) is 0 Å². The summed E-state index contributed by atoms with van der Waals surface area (Å²) in [5.74, 6) is 0.809. The van der Waals surface area contributed by atoms with Crippen LogP contribution < -0.4 is 15.5 Å². The Labute approximate surface area is 165 Å². The zero-order valence-corrected chi connectivity index (χ0v) is 16.2. The summed E-state index contributed by atoms with van der Waals surface area (Å²) in [4.78, 5) is 20.4. The molecule has 2 aliphatic heterocycles. The number of benzene rings is 2. The number of methoxy groups -OCH3 is 1. The molecule has 4 rings (SSSR count). The van der Waals surface area contributed by atoms with Crippen molar-refractivity contribution in [2.75, 3.05) is 25.5 Å². The predicted molar refractivity (Wildman–Crippen MR) is 109 cm³/mol. The van der Waals surface area contributed by atoms with Gasteiger partial charge in [-0.1, -0.05) is 24.3 Å². The molecule has 2 amide bonds. The lowest BCUT2D eigenvalue weighted by molar-refractivity contribution is -0.0634. The first-order valence-corrected chi connectivity index (χ1v) is 9.51. The summed E-state index contributed by atoms with van der Waals surface area (Å²) in [6.07, 6.45) is 3.63. The van der Waals surface area contributed by atoms with Crippen LogP contribution in [0, 0.1) is 6.92 Å². The van der Waals surface area contributed by atoms with Crippen LogP contribution in [-0.4, -0.2) is 36.7 Å². The number of hydroxylamine groups is 1. The van der Waals surface area contributed by atoms with Crippen molar-refractivity contribution in [3.8, 4) is 5.75 Å². The van der Waals surface area contributed by atoms with Gasteiger partial charge in [0.2, 0.25) is 0 Å². The maximum atomic E-state index is 12.6. The minimum atomic E-state index is -0.376. The number of ether oxygens (including phenoxy) is 1. The Morgan fingerprint density at radius 1 is 1.18 bits per heavy atom. The van der Waals surface area contributed by atoms with Crippen LogP contribution in [0.5, 0.6) is 5.75 Å². The second-order valence-electron chi connectivity index (χ2n) is 7.35. The Bertz CT molecular complexity index is 901. The van der Waals surface area contributed by atoms with Crippen molar-refractivity contribution >= 4 is 17.4 Å². The molecule has 0 unspecified atom stereocenters. The summed E-state index contributed by atoms with van der Waals surface area (Å²) >= 11 is 0. The average molecular weight is 379 g/mol. The molecular formula is C22H25N3O3. The van der Waals surface area contributed by atoms with E-state index >= 15 is 0 Å². The number of carbonyl (C=O) groups excluding carboxylic acids is 1. The highest BCUT2D eigenvalue weighted by molar-refractivity contribution is 5.89. The van der Waals surface area contributed by atoms with Gasteiger partial charge in [0, 0.05) is 37.2 Å². The summed E-state index contributed by atoms with van der Waals surface area (Å²) in [5, 5.41) is 2.98. The summed E-state index contributed by atoms with van der Waals surface area (Å²) in [6.45, 7) is 3.29. The highest BCUT2D eigenvalue weighted by atomic mass is 16.7. The zero-order valence-electron chi connectivity index (χ0n) is 16.2. The van der Waals surface area contributed by atoms with E-state index in [1.54, 1.807) is 7.11 Å². The quantitative estimate of drug-likeness (QED) is 0.848. The van der Waals surface area contributed by atoms with Crippen LogP contribution in [0.1, 0.15) is 24.0 Å². The largest absolute Gasteiger partial charge is 0.497 e. The Hall–Kier alpha value is -2.99. The number of hydrogen-bond donors (Lipinski definition) is 2. The summed E-state index contributed by atoms with van der Waals surface area (Å²) in [5.41, 5.74) is 6.59. The van der Waals surface area contributed by atoms with Crippen molar-refractivity contribution in [2.45, 2.75) is 25.4 Å². The monoisotopic (exact) mass is 379 g/mol. The molecule has 0 atom stereocenters. The third-order valence-electron chi connectivity index (χ3n) is 5.32. The summed E-state index contributed by atoms with van der Waals surface area (Å²) in [6, 6.07) is 15.6. The molecule has 146 valence electrons.